The molecule has 2 aromatic carbocycles. The Morgan fingerprint density at radius 3 is 2.64 bits per heavy atom. The van der Waals surface area contributed by atoms with E-state index in [1.165, 1.54) is 18.2 Å². The Bertz CT molecular complexity index is 1070. The molecule has 1 atom stereocenters. The minimum Gasteiger partial charge on any atom is -0.497 e. The molecule has 5 nitrogen and oxygen atoms in total. The zero-order valence-corrected chi connectivity index (χ0v) is 15.7. The molecule has 2 N–H and O–H groups in total. The molecule has 142 valence electrons. The van der Waals surface area contributed by atoms with Gasteiger partial charge in [-0.25, -0.2) is 9.18 Å². The summed E-state index contributed by atoms with van der Waals surface area (Å²) in [5, 5.41) is 12.5. The number of nitrogens with one attached hydrogen (secondary N) is 1. The molecule has 1 aliphatic rings. The van der Waals surface area contributed by atoms with E-state index in [9.17, 15) is 19.1 Å². The lowest BCUT2D eigenvalue weighted by Gasteiger charge is -2.24. The summed E-state index contributed by atoms with van der Waals surface area (Å²) in [7, 11) is 1.57. The fraction of sp³-hybridized carbons (Fsp3) is 0.143. The normalized spacial score (nSPS) is 15.6. The molecule has 4 rings (SSSR count). The van der Waals surface area contributed by atoms with Crippen LogP contribution in [-0.2, 0) is 4.79 Å². The van der Waals surface area contributed by atoms with Crippen molar-refractivity contribution >= 4 is 28.9 Å². The molecule has 1 amide bonds. The number of ether oxygens (including phenoxy) is 1. The number of fused-ring (bicyclic) bond motifs is 1. The standard InChI is InChI=1S/C21H16FNO4S/c1-27-14-7-5-11(6-8-14)15-10-16(24)23-18-17(12-3-2-4-13(22)9-12)20(21(25)26)28-19(15)18/h2-9,15H,10H2,1H3,(H,23,24)(H,25,26). The molecule has 7 heteroatoms. The average molecular weight is 397 g/mol. The number of carboxylic acids is 1. The number of carbonyl (C=O) groups is 2. The first-order chi connectivity index (χ1) is 13.5. The Labute approximate surface area is 164 Å². The van der Waals surface area contributed by atoms with Gasteiger partial charge in [0, 0.05) is 22.8 Å². The van der Waals surface area contributed by atoms with Crippen molar-refractivity contribution < 1.29 is 23.8 Å². The Morgan fingerprint density at radius 1 is 1.25 bits per heavy atom. The van der Waals surface area contributed by atoms with E-state index in [4.69, 9.17) is 4.74 Å². The van der Waals surface area contributed by atoms with E-state index in [0.29, 0.717) is 22.6 Å². The summed E-state index contributed by atoms with van der Waals surface area (Å²) < 4.78 is 19.0. The first-order valence-corrected chi connectivity index (χ1v) is 9.39. The van der Waals surface area contributed by atoms with Crippen molar-refractivity contribution in [3.63, 3.8) is 0 Å². The first kappa shape index (κ1) is 18.2. The number of aromatic carboxylic acids is 1. The quantitative estimate of drug-likeness (QED) is 0.667. The van der Waals surface area contributed by atoms with Gasteiger partial charge >= 0.3 is 5.97 Å². The summed E-state index contributed by atoms with van der Waals surface area (Å²) in [6.45, 7) is 0. The van der Waals surface area contributed by atoms with Gasteiger partial charge in [-0.05, 0) is 35.4 Å². The number of hydrogen-bond acceptors (Lipinski definition) is 4. The Morgan fingerprint density at radius 2 is 2.00 bits per heavy atom. The first-order valence-electron chi connectivity index (χ1n) is 8.57. The van der Waals surface area contributed by atoms with Gasteiger partial charge in [-0.1, -0.05) is 24.3 Å². The fourth-order valence-corrected chi connectivity index (χ4v) is 4.71. The summed E-state index contributed by atoms with van der Waals surface area (Å²) in [6.07, 6.45) is 0.210. The number of amides is 1. The molecular formula is C21H16FNO4S. The van der Waals surface area contributed by atoms with Gasteiger partial charge in [-0.3, -0.25) is 4.79 Å². The highest BCUT2D eigenvalue weighted by atomic mass is 32.1. The predicted molar refractivity (Wildman–Crippen MR) is 105 cm³/mol. The highest BCUT2D eigenvalue weighted by Crippen LogP contribution is 2.49. The molecule has 0 aliphatic carbocycles. The van der Waals surface area contributed by atoms with Crippen molar-refractivity contribution in [3.05, 3.63) is 69.7 Å². The number of methoxy groups -OCH3 is 1. The lowest BCUT2D eigenvalue weighted by Crippen LogP contribution is -2.22. The van der Waals surface area contributed by atoms with E-state index >= 15 is 0 Å². The van der Waals surface area contributed by atoms with E-state index in [0.717, 1.165) is 21.8 Å². The molecule has 1 unspecified atom stereocenters. The van der Waals surface area contributed by atoms with E-state index in [1.807, 2.05) is 12.1 Å². The third-order valence-corrected chi connectivity index (χ3v) is 6.02. The van der Waals surface area contributed by atoms with Crippen molar-refractivity contribution in [2.75, 3.05) is 12.4 Å². The predicted octanol–water partition coefficient (Wildman–Crippen LogP) is 4.74. The summed E-state index contributed by atoms with van der Waals surface area (Å²) >= 11 is 1.12. The van der Waals surface area contributed by atoms with Gasteiger partial charge in [0.05, 0.1) is 12.8 Å². The molecule has 1 aliphatic heterocycles. The third-order valence-electron chi connectivity index (χ3n) is 4.73. The van der Waals surface area contributed by atoms with Crippen LogP contribution in [0.25, 0.3) is 11.1 Å². The molecule has 2 heterocycles. The van der Waals surface area contributed by atoms with Gasteiger partial charge < -0.3 is 15.2 Å². The lowest BCUT2D eigenvalue weighted by molar-refractivity contribution is -0.116. The average Bonchev–Trinajstić information content (AvgIpc) is 3.07. The number of anilines is 1. The van der Waals surface area contributed by atoms with Crippen LogP contribution in [0.4, 0.5) is 10.1 Å². The van der Waals surface area contributed by atoms with E-state index in [2.05, 4.69) is 5.32 Å². The molecule has 0 bridgehead atoms. The maximum absolute atomic E-state index is 13.8. The number of benzene rings is 2. The zero-order chi connectivity index (χ0) is 19.8. The van der Waals surface area contributed by atoms with E-state index in [1.54, 1.807) is 25.3 Å². The topological polar surface area (TPSA) is 75.6 Å². The summed E-state index contributed by atoms with van der Waals surface area (Å²) in [5.74, 6) is -1.37. The molecule has 0 saturated heterocycles. The smallest absolute Gasteiger partial charge is 0.346 e. The van der Waals surface area contributed by atoms with Gasteiger partial charge in [-0.2, -0.15) is 0 Å². The highest BCUT2D eigenvalue weighted by Gasteiger charge is 2.34. The molecule has 28 heavy (non-hydrogen) atoms. The number of rotatable bonds is 4. The van der Waals surface area contributed by atoms with Gasteiger partial charge in [0.15, 0.2) is 0 Å². The number of carboxylic acid groups (broad SMARTS) is 1. The summed E-state index contributed by atoms with van der Waals surface area (Å²) in [4.78, 5) is 25.1. The zero-order valence-electron chi connectivity index (χ0n) is 14.9. The minimum absolute atomic E-state index is 0.0799. The molecule has 3 aromatic rings. The van der Waals surface area contributed by atoms with Crippen LogP contribution in [0.1, 0.15) is 32.5 Å². The summed E-state index contributed by atoms with van der Waals surface area (Å²) in [5.41, 5.74) is 2.11. The lowest BCUT2D eigenvalue weighted by atomic mass is 9.88. The second kappa shape index (κ2) is 7.09. The van der Waals surface area contributed by atoms with Crippen molar-refractivity contribution in [2.24, 2.45) is 0 Å². The van der Waals surface area contributed by atoms with Crippen LogP contribution in [0.5, 0.6) is 5.75 Å². The number of halogens is 1. The van der Waals surface area contributed by atoms with Crippen LogP contribution in [0.15, 0.2) is 48.5 Å². The van der Waals surface area contributed by atoms with Crippen LogP contribution in [-0.4, -0.2) is 24.1 Å². The maximum Gasteiger partial charge on any atom is 0.346 e. The van der Waals surface area contributed by atoms with Crippen LogP contribution >= 0.6 is 11.3 Å². The van der Waals surface area contributed by atoms with Crippen LogP contribution in [0.2, 0.25) is 0 Å². The Kier molecular flexibility index (Phi) is 4.60. The number of thiophene rings is 1. The molecule has 0 fully saturated rings. The third kappa shape index (κ3) is 3.14. The van der Waals surface area contributed by atoms with Crippen molar-refractivity contribution in [3.8, 4) is 16.9 Å². The largest absolute Gasteiger partial charge is 0.497 e. The SMILES string of the molecule is COc1ccc(C2CC(=O)Nc3c2sc(C(=O)O)c3-c2cccc(F)c2)cc1. The van der Waals surface area contributed by atoms with Gasteiger partial charge in [-0.15, -0.1) is 11.3 Å². The minimum atomic E-state index is -1.11. The monoisotopic (exact) mass is 397 g/mol. The number of hydrogen-bond donors (Lipinski definition) is 2. The molecule has 0 saturated carbocycles. The number of carbonyl (C=O) groups excluding carboxylic acids is 1. The summed E-state index contributed by atoms with van der Waals surface area (Å²) in [6, 6.07) is 13.1. The van der Waals surface area contributed by atoms with Crippen LogP contribution in [0, 0.1) is 5.82 Å². The fourth-order valence-electron chi connectivity index (χ4n) is 3.46. The molecule has 0 radical (unpaired) electrons. The second-order valence-electron chi connectivity index (χ2n) is 6.44. The van der Waals surface area contributed by atoms with E-state index in [-0.39, 0.29) is 23.1 Å². The van der Waals surface area contributed by atoms with Crippen LogP contribution in [0.3, 0.4) is 0 Å². The molecule has 1 aromatic heterocycles. The van der Waals surface area contributed by atoms with Crippen LogP contribution < -0.4 is 10.1 Å². The van der Waals surface area contributed by atoms with Gasteiger partial charge in [0.1, 0.15) is 16.4 Å². The van der Waals surface area contributed by atoms with Crippen molar-refractivity contribution in [2.45, 2.75) is 12.3 Å². The van der Waals surface area contributed by atoms with Gasteiger partial charge in [0.2, 0.25) is 5.91 Å². The Balaban J connectivity index is 1.90. The Hall–Kier alpha value is -3.19. The maximum atomic E-state index is 13.8. The van der Waals surface area contributed by atoms with E-state index < -0.39 is 11.8 Å². The highest BCUT2D eigenvalue weighted by molar-refractivity contribution is 7.15. The second-order valence-corrected chi connectivity index (χ2v) is 7.49. The van der Waals surface area contributed by atoms with Gasteiger partial charge in [0.25, 0.3) is 0 Å². The van der Waals surface area contributed by atoms with Crippen molar-refractivity contribution in [1.82, 2.24) is 0 Å². The molecular weight excluding hydrogens is 381 g/mol. The molecule has 0 spiro atoms. The van der Waals surface area contributed by atoms with Crippen molar-refractivity contribution in [1.29, 1.82) is 0 Å².